The molecule has 0 spiro atoms. The molecule has 0 amide bonds. The molecule has 0 aliphatic carbocycles. The Morgan fingerprint density at radius 3 is 2.35 bits per heavy atom. The van der Waals surface area contributed by atoms with Crippen molar-refractivity contribution in [2.24, 2.45) is 0 Å². The second-order valence-electron chi connectivity index (χ2n) is 4.86. The third-order valence-corrected chi connectivity index (χ3v) is 3.84. The maximum absolute atomic E-state index is 5.93. The summed E-state index contributed by atoms with van der Waals surface area (Å²) in [7, 11) is 0. The number of furan rings is 1. The molecule has 4 rings (SSSR count). The molecule has 96 valence electrons. The van der Waals surface area contributed by atoms with Crippen LogP contribution < -0.4 is 0 Å². The van der Waals surface area contributed by atoms with Crippen LogP contribution in [0.3, 0.4) is 0 Å². The first-order chi connectivity index (χ1) is 9.81. The van der Waals surface area contributed by atoms with Crippen molar-refractivity contribution in [2.45, 2.75) is 4.90 Å². The van der Waals surface area contributed by atoms with Crippen LogP contribution in [-0.2, 0) is 0 Å². The van der Waals surface area contributed by atoms with Gasteiger partial charge in [0.05, 0.1) is 0 Å². The summed E-state index contributed by atoms with van der Waals surface area (Å²) in [6.07, 6.45) is 0. The maximum atomic E-state index is 5.93. The van der Waals surface area contributed by atoms with Crippen molar-refractivity contribution in [1.82, 2.24) is 0 Å². The first-order valence-corrected chi connectivity index (χ1v) is 6.97. The Morgan fingerprint density at radius 2 is 1.45 bits per heavy atom. The van der Waals surface area contributed by atoms with E-state index in [2.05, 4.69) is 49.0 Å². The molecule has 1 nitrogen and oxygen atoms in total. The molecule has 1 aromatic heterocycles. The third kappa shape index (κ3) is 1.81. The zero-order valence-corrected chi connectivity index (χ0v) is 11.6. The van der Waals surface area contributed by atoms with Crippen LogP contribution in [0.1, 0.15) is 0 Å². The zero-order valence-electron chi connectivity index (χ0n) is 10.7. The topological polar surface area (TPSA) is 13.1 Å². The summed E-state index contributed by atoms with van der Waals surface area (Å²) < 4.78 is 5.93. The Morgan fingerprint density at radius 1 is 0.650 bits per heavy atom. The van der Waals surface area contributed by atoms with Gasteiger partial charge in [-0.25, -0.2) is 0 Å². The quantitative estimate of drug-likeness (QED) is 0.450. The van der Waals surface area contributed by atoms with Crippen molar-refractivity contribution in [2.75, 3.05) is 0 Å². The molecule has 0 saturated carbocycles. The highest BCUT2D eigenvalue weighted by Gasteiger charge is 2.07. The normalized spacial score (nSPS) is 11.2. The molecule has 0 atom stereocenters. The minimum atomic E-state index is 0.924. The molecule has 2 heteroatoms. The summed E-state index contributed by atoms with van der Waals surface area (Å²) in [6.45, 7) is 0. The van der Waals surface area contributed by atoms with Gasteiger partial charge in [0, 0.05) is 15.7 Å². The second-order valence-corrected chi connectivity index (χ2v) is 5.38. The van der Waals surface area contributed by atoms with Crippen LogP contribution in [0.2, 0.25) is 0 Å². The van der Waals surface area contributed by atoms with E-state index >= 15 is 0 Å². The van der Waals surface area contributed by atoms with Crippen molar-refractivity contribution in [3.8, 4) is 11.1 Å². The van der Waals surface area contributed by atoms with E-state index in [1.807, 2.05) is 30.3 Å². The highest BCUT2D eigenvalue weighted by atomic mass is 32.1. The molecule has 0 N–H and O–H groups in total. The number of para-hydroxylation sites is 1. The van der Waals surface area contributed by atoms with Crippen LogP contribution >= 0.6 is 12.6 Å². The summed E-state index contributed by atoms with van der Waals surface area (Å²) >= 11 is 4.40. The molecule has 0 radical (unpaired) electrons. The minimum Gasteiger partial charge on any atom is -0.456 e. The van der Waals surface area contributed by atoms with Gasteiger partial charge in [0.1, 0.15) is 11.2 Å². The molecule has 0 aliphatic rings. The highest BCUT2D eigenvalue weighted by Crippen LogP contribution is 2.32. The SMILES string of the molecule is Sc1cccc(-c2ccc3c(c2)oc2ccccc23)c1. The summed E-state index contributed by atoms with van der Waals surface area (Å²) in [4.78, 5) is 0.965. The maximum Gasteiger partial charge on any atom is 0.136 e. The number of hydrogen-bond acceptors (Lipinski definition) is 2. The van der Waals surface area contributed by atoms with E-state index in [1.165, 1.54) is 0 Å². The summed E-state index contributed by atoms with van der Waals surface area (Å²) in [5.74, 6) is 0. The second kappa shape index (κ2) is 4.43. The average Bonchev–Trinajstić information content (AvgIpc) is 2.85. The van der Waals surface area contributed by atoms with Crippen LogP contribution in [0.15, 0.2) is 76.0 Å². The first kappa shape index (κ1) is 11.6. The van der Waals surface area contributed by atoms with Crippen LogP contribution in [-0.4, -0.2) is 0 Å². The van der Waals surface area contributed by atoms with Crippen LogP contribution in [0, 0.1) is 0 Å². The van der Waals surface area contributed by atoms with E-state index in [0.29, 0.717) is 0 Å². The standard InChI is InChI=1S/C18H12OS/c20-14-5-3-4-12(10-14)13-8-9-16-15-6-1-2-7-17(15)19-18(16)11-13/h1-11,20H. The lowest BCUT2D eigenvalue weighted by atomic mass is 10.0. The van der Waals surface area contributed by atoms with Gasteiger partial charge in [0.2, 0.25) is 0 Å². The summed E-state index contributed by atoms with van der Waals surface area (Å²) in [5, 5.41) is 2.32. The highest BCUT2D eigenvalue weighted by molar-refractivity contribution is 7.80. The molecule has 0 fully saturated rings. The number of fused-ring (bicyclic) bond motifs is 3. The van der Waals surface area contributed by atoms with Gasteiger partial charge >= 0.3 is 0 Å². The fraction of sp³-hybridized carbons (Fsp3) is 0. The summed E-state index contributed by atoms with van der Waals surface area (Å²) in [5.41, 5.74) is 4.16. The Hall–Kier alpha value is -2.19. The van der Waals surface area contributed by atoms with E-state index in [4.69, 9.17) is 4.42 Å². The first-order valence-electron chi connectivity index (χ1n) is 6.52. The van der Waals surface area contributed by atoms with E-state index in [9.17, 15) is 0 Å². The van der Waals surface area contributed by atoms with Crippen LogP contribution in [0.5, 0.6) is 0 Å². The molecule has 4 aromatic rings. The van der Waals surface area contributed by atoms with Crippen LogP contribution in [0.4, 0.5) is 0 Å². The molecule has 0 aliphatic heterocycles. The molecule has 1 heterocycles. The van der Waals surface area contributed by atoms with Gasteiger partial charge in [-0.05, 0) is 41.5 Å². The fourth-order valence-corrected chi connectivity index (χ4v) is 2.82. The van der Waals surface area contributed by atoms with Gasteiger partial charge in [0.25, 0.3) is 0 Å². The number of rotatable bonds is 1. The Kier molecular flexibility index (Phi) is 2.57. The molecule has 0 unspecified atom stereocenters. The van der Waals surface area contributed by atoms with Crippen molar-refractivity contribution < 1.29 is 4.42 Å². The molecular weight excluding hydrogens is 264 g/mol. The van der Waals surface area contributed by atoms with E-state index in [1.54, 1.807) is 0 Å². The fourth-order valence-electron chi connectivity index (χ4n) is 2.59. The predicted octanol–water partition coefficient (Wildman–Crippen LogP) is 5.54. The molecule has 3 aromatic carbocycles. The van der Waals surface area contributed by atoms with Gasteiger partial charge in [0.15, 0.2) is 0 Å². The molecule has 0 saturated heterocycles. The largest absolute Gasteiger partial charge is 0.456 e. The number of thiol groups is 1. The minimum absolute atomic E-state index is 0.924. The van der Waals surface area contributed by atoms with Crippen molar-refractivity contribution in [3.63, 3.8) is 0 Å². The Bertz CT molecular complexity index is 921. The van der Waals surface area contributed by atoms with Gasteiger partial charge < -0.3 is 4.42 Å². The van der Waals surface area contributed by atoms with Gasteiger partial charge in [-0.15, -0.1) is 12.6 Å². The van der Waals surface area contributed by atoms with E-state index in [-0.39, 0.29) is 0 Å². The monoisotopic (exact) mass is 276 g/mol. The number of benzene rings is 3. The summed E-state index contributed by atoms with van der Waals surface area (Å²) in [6, 6.07) is 22.6. The molecule has 0 bridgehead atoms. The molecule has 20 heavy (non-hydrogen) atoms. The van der Waals surface area contributed by atoms with Gasteiger partial charge in [-0.3, -0.25) is 0 Å². The lowest BCUT2D eigenvalue weighted by Crippen LogP contribution is -1.77. The predicted molar refractivity (Wildman–Crippen MR) is 86.4 cm³/mol. The van der Waals surface area contributed by atoms with Crippen molar-refractivity contribution in [1.29, 1.82) is 0 Å². The smallest absolute Gasteiger partial charge is 0.136 e. The van der Waals surface area contributed by atoms with Gasteiger partial charge in [-0.1, -0.05) is 36.4 Å². The van der Waals surface area contributed by atoms with E-state index < -0.39 is 0 Å². The zero-order chi connectivity index (χ0) is 13.5. The average molecular weight is 276 g/mol. The lowest BCUT2D eigenvalue weighted by molar-refractivity contribution is 0.669. The third-order valence-electron chi connectivity index (χ3n) is 3.56. The Balaban J connectivity index is 1.97. The van der Waals surface area contributed by atoms with Crippen LogP contribution in [0.25, 0.3) is 33.1 Å². The van der Waals surface area contributed by atoms with Crippen molar-refractivity contribution in [3.05, 3.63) is 66.7 Å². The Labute approximate surface area is 122 Å². The van der Waals surface area contributed by atoms with E-state index in [0.717, 1.165) is 38.0 Å². The van der Waals surface area contributed by atoms with Crippen molar-refractivity contribution >= 4 is 34.6 Å². The molecular formula is C18H12OS. The number of hydrogen-bond donors (Lipinski definition) is 1. The lowest BCUT2D eigenvalue weighted by Gasteiger charge is -2.02. The van der Waals surface area contributed by atoms with Gasteiger partial charge in [-0.2, -0.15) is 0 Å².